The van der Waals surface area contributed by atoms with Gasteiger partial charge in [-0.25, -0.2) is 0 Å². The van der Waals surface area contributed by atoms with Crippen LogP contribution in [0.25, 0.3) is 0 Å². The first-order chi connectivity index (χ1) is 12.3. The highest BCUT2D eigenvalue weighted by atomic mass is 79.9. The maximum atomic E-state index is 12.4. The van der Waals surface area contributed by atoms with E-state index in [1.54, 1.807) is 6.08 Å². The predicted molar refractivity (Wildman–Crippen MR) is 96.2 cm³/mol. The number of Topliss-reactive ketones (excluding diaryl/α,β-unsaturated/α-hetero) is 1. The van der Waals surface area contributed by atoms with Crippen molar-refractivity contribution in [1.29, 1.82) is 0 Å². The number of piperidine rings is 1. The van der Waals surface area contributed by atoms with Gasteiger partial charge in [-0.05, 0) is 37.0 Å². The van der Waals surface area contributed by atoms with Gasteiger partial charge >= 0.3 is 0 Å². The molecule has 1 saturated heterocycles. The lowest BCUT2D eigenvalue weighted by molar-refractivity contribution is -0.944. The second kappa shape index (κ2) is 6.02. The lowest BCUT2D eigenvalue weighted by atomic mass is 9.48. The highest BCUT2D eigenvalue weighted by Crippen LogP contribution is 2.63. The predicted octanol–water partition coefficient (Wildman–Crippen LogP) is -1.23. The van der Waals surface area contributed by atoms with Gasteiger partial charge in [-0.1, -0.05) is 6.08 Å². The van der Waals surface area contributed by atoms with Crippen molar-refractivity contribution in [2.24, 2.45) is 11.3 Å². The fourth-order valence-electron chi connectivity index (χ4n) is 6.32. The van der Waals surface area contributed by atoms with Crippen LogP contribution >= 0.6 is 0 Å². The molecule has 0 aromatic carbocycles. The number of aliphatic hydroxyl groups is 3. The molecule has 0 amide bonds. The zero-order valence-corrected chi connectivity index (χ0v) is 17.3. The van der Waals surface area contributed by atoms with E-state index in [0.717, 1.165) is 29.1 Å². The van der Waals surface area contributed by atoms with Crippen LogP contribution in [-0.2, 0) is 4.79 Å². The molecule has 0 aromatic rings. The van der Waals surface area contributed by atoms with E-state index in [9.17, 15) is 20.1 Å². The monoisotopic (exact) mass is 437 g/mol. The Labute approximate surface area is 170 Å². The van der Waals surface area contributed by atoms with Gasteiger partial charge in [0.1, 0.15) is 29.3 Å². The summed E-state index contributed by atoms with van der Waals surface area (Å²) >= 11 is 0. The number of hydrogen-bond donors (Lipinski definition) is 3. The minimum atomic E-state index is -1.05. The van der Waals surface area contributed by atoms with Crippen LogP contribution in [0, 0.1) is 11.3 Å². The summed E-state index contributed by atoms with van der Waals surface area (Å²) in [5, 5.41) is 32.9. The molecule has 3 N–H and O–H groups in total. The molecular weight excluding hydrogens is 410 g/mol. The van der Waals surface area contributed by atoms with Crippen molar-refractivity contribution in [3.8, 4) is 0 Å². The van der Waals surface area contributed by atoms with E-state index in [4.69, 9.17) is 0 Å². The Hall–Kier alpha value is -0.950. The highest BCUT2D eigenvalue weighted by Gasteiger charge is 2.70. The number of ketones is 1. The number of rotatable bonds is 2. The molecule has 5 atom stereocenters. The van der Waals surface area contributed by atoms with E-state index in [2.05, 4.69) is 13.1 Å². The molecule has 27 heavy (non-hydrogen) atoms. The molecule has 0 spiro atoms. The van der Waals surface area contributed by atoms with Crippen LogP contribution in [0.2, 0.25) is 0 Å². The van der Waals surface area contributed by atoms with Crippen LogP contribution in [0.15, 0.2) is 35.1 Å². The average Bonchev–Trinajstić information content (AvgIpc) is 3.39. The van der Waals surface area contributed by atoms with Crippen LogP contribution in [0.5, 0.6) is 0 Å². The number of aliphatic hydroxyl groups excluding tert-OH is 2. The van der Waals surface area contributed by atoms with Gasteiger partial charge in [-0.3, -0.25) is 4.79 Å². The summed E-state index contributed by atoms with van der Waals surface area (Å²) in [6.07, 6.45) is 8.84. The molecule has 2 bridgehead atoms. The zero-order chi connectivity index (χ0) is 18.3. The average molecular weight is 438 g/mol. The number of allylic oxidation sites excluding steroid dienone is 2. The third kappa shape index (κ3) is 2.49. The Kier molecular flexibility index (Phi) is 4.32. The molecule has 2 unspecified atom stereocenters. The normalized spacial score (nSPS) is 45.6. The standard InChI is InChI=1S/C21H27NO4.BrH/c1-22(12-13-2-3-13)9-8-20-11-15(23)6-7-21(20,26)17(22)10-14-4-5-16(24)19(25)18(14)20;/h4-5,10,13,16-17,24,26H,2-3,6-9,11-12H2,1H3;1H/t16?,17-,20-,21-,22?;/m1./s1. The van der Waals surface area contributed by atoms with Crippen LogP contribution in [-0.4, -0.2) is 63.5 Å². The number of nitrogens with zero attached hydrogens (tertiary/aromatic N) is 1. The molecule has 3 fully saturated rings. The highest BCUT2D eigenvalue weighted by molar-refractivity contribution is 5.82. The summed E-state index contributed by atoms with van der Waals surface area (Å²) in [5.74, 6) is 0.815. The quantitative estimate of drug-likeness (QED) is 0.473. The first-order valence-electron chi connectivity index (χ1n) is 9.89. The molecule has 5 nitrogen and oxygen atoms in total. The first-order valence-corrected chi connectivity index (χ1v) is 9.89. The fourth-order valence-corrected chi connectivity index (χ4v) is 6.32. The Balaban J connectivity index is 0.00000180. The summed E-state index contributed by atoms with van der Waals surface area (Å²) in [6, 6.07) is -0.0728. The van der Waals surface area contributed by atoms with E-state index >= 15 is 0 Å². The topological polar surface area (TPSA) is 77.8 Å². The lowest BCUT2D eigenvalue weighted by Gasteiger charge is -2.64. The van der Waals surface area contributed by atoms with Crippen LogP contribution in [0.4, 0.5) is 0 Å². The molecule has 148 valence electrons. The van der Waals surface area contributed by atoms with Crippen molar-refractivity contribution < 1.29 is 41.6 Å². The van der Waals surface area contributed by atoms with Gasteiger partial charge in [-0.15, -0.1) is 0 Å². The first kappa shape index (κ1) is 19.4. The van der Waals surface area contributed by atoms with Gasteiger partial charge in [0.05, 0.1) is 20.1 Å². The van der Waals surface area contributed by atoms with Gasteiger partial charge in [0.25, 0.3) is 0 Å². The van der Waals surface area contributed by atoms with E-state index in [1.165, 1.54) is 12.8 Å². The number of likely N-dealkylation sites (tertiary alicyclic amines) is 1. The molecule has 6 heteroatoms. The third-order valence-corrected chi connectivity index (χ3v) is 7.79. The molecule has 4 aliphatic carbocycles. The van der Waals surface area contributed by atoms with E-state index in [-0.39, 0.29) is 41.0 Å². The number of carbonyl (C=O) groups excluding carboxylic acids is 1. The van der Waals surface area contributed by atoms with Crippen molar-refractivity contribution >= 4 is 5.78 Å². The summed E-state index contributed by atoms with van der Waals surface area (Å²) in [7, 11) is 2.24. The molecule has 0 radical (unpaired) electrons. The van der Waals surface area contributed by atoms with E-state index < -0.39 is 17.1 Å². The minimum absolute atomic E-state index is 0. The largest absolute Gasteiger partial charge is 1.00 e. The summed E-state index contributed by atoms with van der Waals surface area (Å²) in [5.41, 5.74) is -0.302. The van der Waals surface area contributed by atoms with Crippen LogP contribution in [0.3, 0.4) is 0 Å². The molecule has 5 rings (SSSR count). The maximum absolute atomic E-state index is 12.4. The fraction of sp³-hybridized carbons (Fsp3) is 0.667. The van der Waals surface area contributed by atoms with Crippen molar-refractivity contribution in [2.45, 2.75) is 56.3 Å². The lowest BCUT2D eigenvalue weighted by Crippen LogP contribution is -3.00. The number of quaternary nitrogens is 1. The van der Waals surface area contributed by atoms with Crippen LogP contribution < -0.4 is 17.0 Å². The Morgan fingerprint density at radius 3 is 2.74 bits per heavy atom. The van der Waals surface area contributed by atoms with Crippen molar-refractivity contribution in [2.75, 3.05) is 20.1 Å². The third-order valence-electron chi connectivity index (χ3n) is 7.79. The van der Waals surface area contributed by atoms with E-state index in [1.807, 2.05) is 6.08 Å². The molecule has 2 saturated carbocycles. The Bertz CT molecular complexity index is 785. The maximum Gasteiger partial charge on any atom is 0.138 e. The molecule has 1 aliphatic heterocycles. The number of carbonyl (C=O) groups is 1. The summed E-state index contributed by atoms with van der Waals surface area (Å²) in [4.78, 5) is 12.4. The van der Waals surface area contributed by atoms with Gasteiger partial charge in [0.2, 0.25) is 0 Å². The van der Waals surface area contributed by atoms with Crippen molar-refractivity contribution in [3.05, 3.63) is 35.1 Å². The minimum Gasteiger partial charge on any atom is -1.00 e. The van der Waals surface area contributed by atoms with Gasteiger partial charge in [0.15, 0.2) is 0 Å². The summed E-state index contributed by atoms with van der Waals surface area (Å²) < 4.78 is 0.811. The zero-order valence-electron chi connectivity index (χ0n) is 15.7. The second-order valence-corrected chi connectivity index (χ2v) is 9.43. The Morgan fingerprint density at radius 1 is 1.30 bits per heavy atom. The smallest absolute Gasteiger partial charge is 0.138 e. The van der Waals surface area contributed by atoms with Gasteiger partial charge in [0, 0.05) is 36.2 Å². The molecule has 5 aliphatic rings. The number of halogens is 1. The van der Waals surface area contributed by atoms with E-state index in [0.29, 0.717) is 24.8 Å². The second-order valence-electron chi connectivity index (χ2n) is 9.43. The summed E-state index contributed by atoms with van der Waals surface area (Å²) in [6.45, 7) is 1.95. The molecular formula is C21H28BrNO4. The van der Waals surface area contributed by atoms with Crippen molar-refractivity contribution in [1.82, 2.24) is 0 Å². The number of likely N-dealkylation sites (N-methyl/N-ethyl adjacent to an activating group) is 1. The molecule has 1 heterocycles. The van der Waals surface area contributed by atoms with Crippen LogP contribution in [0.1, 0.15) is 38.5 Å². The SMILES string of the molecule is C[N+]1(CC2CC2)CC[C@]23CC(=O)CC[C@@]2(O)[C@H]1C=C1C=CC(O)C(O)=C13.[Br-]. The number of fused-ring (bicyclic) bond motifs is 1. The van der Waals surface area contributed by atoms with Crippen molar-refractivity contribution in [3.63, 3.8) is 0 Å². The van der Waals surface area contributed by atoms with Gasteiger partial charge < -0.3 is 36.8 Å². The number of hydrogen-bond acceptors (Lipinski definition) is 4. The Morgan fingerprint density at radius 2 is 2.04 bits per heavy atom. The van der Waals surface area contributed by atoms with Gasteiger partial charge in [-0.2, -0.15) is 0 Å². The molecule has 0 aromatic heterocycles.